The maximum absolute atomic E-state index is 11.7. The lowest BCUT2D eigenvalue weighted by Crippen LogP contribution is -2.18. The molecule has 6 nitrogen and oxygen atoms in total. The second kappa shape index (κ2) is 8.39. The van der Waals surface area contributed by atoms with Crippen LogP contribution in [0.15, 0.2) is 6.20 Å². The van der Waals surface area contributed by atoms with E-state index in [0.717, 1.165) is 24.3 Å². The summed E-state index contributed by atoms with van der Waals surface area (Å²) in [5.74, 6) is 0.400. The quantitative estimate of drug-likeness (QED) is 0.646. The first-order chi connectivity index (χ1) is 9.48. The first-order valence-electron chi connectivity index (χ1n) is 6.91. The number of rotatable bonds is 10. The van der Waals surface area contributed by atoms with Gasteiger partial charge in [0.15, 0.2) is 9.84 Å². The third-order valence-corrected chi connectivity index (χ3v) is 4.83. The van der Waals surface area contributed by atoms with Crippen LogP contribution >= 0.6 is 0 Å². The van der Waals surface area contributed by atoms with E-state index in [1.807, 2.05) is 20.0 Å². The Morgan fingerprint density at radius 1 is 1.40 bits per heavy atom. The van der Waals surface area contributed by atoms with E-state index in [1.54, 1.807) is 11.8 Å². The molecule has 0 atom stereocenters. The number of hydrogen-bond acceptors (Lipinski definition) is 5. The number of aryl methyl sites for hydroxylation is 2. The Balaban J connectivity index is 2.48. The number of hydrogen-bond donors (Lipinski definition) is 1. The molecule has 0 spiro atoms. The third-order valence-electron chi connectivity index (χ3n) is 2.99. The van der Waals surface area contributed by atoms with E-state index in [2.05, 4.69) is 10.4 Å². The minimum Gasteiger partial charge on any atom is -0.383 e. The molecule has 0 radical (unpaired) electrons. The lowest BCUT2D eigenvalue weighted by atomic mass is 10.2. The van der Waals surface area contributed by atoms with Crippen LogP contribution in [0.25, 0.3) is 0 Å². The Kier molecular flexibility index (Phi) is 7.18. The van der Waals surface area contributed by atoms with Crippen LogP contribution in [0.1, 0.15) is 24.6 Å². The van der Waals surface area contributed by atoms with Gasteiger partial charge in [0, 0.05) is 37.7 Å². The first kappa shape index (κ1) is 17.1. The lowest BCUT2D eigenvalue weighted by Gasteiger charge is -2.03. The lowest BCUT2D eigenvalue weighted by molar-refractivity contribution is 0.199. The Morgan fingerprint density at radius 3 is 2.80 bits per heavy atom. The van der Waals surface area contributed by atoms with Crippen LogP contribution in [0.2, 0.25) is 0 Å². The molecule has 0 bridgehead atoms. The molecule has 0 amide bonds. The SMILES string of the molecule is CCCS(=O)(=O)CCn1cc(CNCCOC)c(C)n1. The summed E-state index contributed by atoms with van der Waals surface area (Å²) < 4.78 is 30.0. The maximum atomic E-state index is 11.7. The molecule has 0 aromatic carbocycles. The zero-order valence-electron chi connectivity index (χ0n) is 12.6. The average molecular weight is 303 g/mol. The molecular formula is C13H25N3O3S. The molecule has 0 saturated carbocycles. The van der Waals surface area contributed by atoms with Gasteiger partial charge in [-0.3, -0.25) is 4.68 Å². The highest BCUT2D eigenvalue weighted by Gasteiger charge is 2.11. The van der Waals surface area contributed by atoms with Gasteiger partial charge < -0.3 is 10.1 Å². The van der Waals surface area contributed by atoms with E-state index in [0.29, 0.717) is 19.6 Å². The van der Waals surface area contributed by atoms with Crippen LogP contribution in [-0.4, -0.2) is 50.0 Å². The molecule has 1 rings (SSSR count). The first-order valence-corrected chi connectivity index (χ1v) is 8.73. The molecule has 116 valence electrons. The fourth-order valence-electron chi connectivity index (χ4n) is 1.89. The van der Waals surface area contributed by atoms with E-state index < -0.39 is 9.84 Å². The summed E-state index contributed by atoms with van der Waals surface area (Å²) >= 11 is 0. The zero-order valence-corrected chi connectivity index (χ0v) is 13.4. The van der Waals surface area contributed by atoms with Gasteiger partial charge >= 0.3 is 0 Å². The second-order valence-corrected chi connectivity index (χ2v) is 7.13. The molecule has 0 aliphatic carbocycles. The number of methoxy groups -OCH3 is 1. The molecule has 20 heavy (non-hydrogen) atoms. The van der Waals surface area contributed by atoms with Crippen LogP contribution in [-0.2, 0) is 27.7 Å². The molecule has 1 N–H and O–H groups in total. The predicted molar refractivity (Wildman–Crippen MR) is 79.5 cm³/mol. The highest BCUT2D eigenvalue weighted by atomic mass is 32.2. The van der Waals surface area contributed by atoms with Crippen molar-refractivity contribution in [2.24, 2.45) is 0 Å². The highest BCUT2D eigenvalue weighted by Crippen LogP contribution is 2.06. The van der Waals surface area contributed by atoms with Crippen LogP contribution in [0.3, 0.4) is 0 Å². The van der Waals surface area contributed by atoms with Gasteiger partial charge in [-0.25, -0.2) is 8.42 Å². The normalized spacial score (nSPS) is 11.9. The van der Waals surface area contributed by atoms with Gasteiger partial charge in [0.25, 0.3) is 0 Å². The van der Waals surface area contributed by atoms with Gasteiger partial charge in [-0.05, 0) is 13.3 Å². The third kappa shape index (κ3) is 6.02. The second-order valence-electron chi connectivity index (χ2n) is 4.82. The van der Waals surface area contributed by atoms with Crippen molar-refractivity contribution < 1.29 is 13.2 Å². The van der Waals surface area contributed by atoms with Gasteiger partial charge in [0.1, 0.15) is 0 Å². The molecular weight excluding hydrogens is 278 g/mol. The largest absolute Gasteiger partial charge is 0.383 e. The van der Waals surface area contributed by atoms with Crippen LogP contribution in [0.4, 0.5) is 0 Å². The molecule has 7 heteroatoms. The summed E-state index contributed by atoms with van der Waals surface area (Å²) in [5, 5.41) is 7.61. The van der Waals surface area contributed by atoms with E-state index >= 15 is 0 Å². The van der Waals surface area contributed by atoms with Crippen molar-refractivity contribution in [2.75, 3.05) is 31.8 Å². The summed E-state index contributed by atoms with van der Waals surface area (Å²) in [4.78, 5) is 0. The summed E-state index contributed by atoms with van der Waals surface area (Å²) in [6, 6.07) is 0. The molecule has 0 saturated heterocycles. The van der Waals surface area contributed by atoms with Crippen molar-refractivity contribution in [1.29, 1.82) is 0 Å². The number of aromatic nitrogens is 2. The molecule has 0 aliphatic heterocycles. The van der Waals surface area contributed by atoms with Crippen LogP contribution in [0.5, 0.6) is 0 Å². The Hall–Kier alpha value is -0.920. The number of ether oxygens (including phenoxy) is 1. The topological polar surface area (TPSA) is 73.2 Å². The van der Waals surface area contributed by atoms with Crippen molar-refractivity contribution in [3.63, 3.8) is 0 Å². The maximum Gasteiger partial charge on any atom is 0.152 e. The minimum atomic E-state index is -2.95. The highest BCUT2D eigenvalue weighted by molar-refractivity contribution is 7.91. The average Bonchev–Trinajstić information content (AvgIpc) is 2.73. The fourth-order valence-corrected chi connectivity index (χ4v) is 3.18. The van der Waals surface area contributed by atoms with Gasteiger partial charge in [-0.1, -0.05) is 6.92 Å². The number of sulfone groups is 1. The van der Waals surface area contributed by atoms with Crippen molar-refractivity contribution in [3.05, 3.63) is 17.5 Å². The van der Waals surface area contributed by atoms with Crippen LogP contribution < -0.4 is 5.32 Å². The van der Waals surface area contributed by atoms with Crippen molar-refractivity contribution in [2.45, 2.75) is 33.4 Å². The number of nitrogens with zero attached hydrogens (tertiary/aromatic N) is 2. The van der Waals surface area contributed by atoms with E-state index in [-0.39, 0.29) is 11.5 Å². The molecule has 1 aromatic rings. The molecule has 1 aromatic heterocycles. The zero-order chi connectivity index (χ0) is 15.0. The molecule has 0 unspecified atom stereocenters. The monoisotopic (exact) mass is 303 g/mol. The van der Waals surface area contributed by atoms with Crippen molar-refractivity contribution >= 4 is 9.84 Å². The minimum absolute atomic E-state index is 0.151. The van der Waals surface area contributed by atoms with Gasteiger partial charge in [0.2, 0.25) is 0 Å². The van der Waals surface area contributed by atoms with Crippen molar-refractivity contribution in [3.8, 4) is 0 Å². The summed E-state index contributed by atoms with van der Waals surface area (Å²) in [6.45, 7) is 6.40. The van der Waals surface area contributed by atoms with E-state index in [4.69, 9.17) is 4.74 Å². The summed E-state index contributed by atoms with van der Waals surface area (Å²) in [7, 11) is -1.28. The Morgan fingerprint density at radius 2 is 2.15 bits per heavy atom. The van der Waals surface area contributed by atoms with Gasteiger partial charge in [0.05, 0.1) is 24.6 Å². The summed E-state index contributed by atoms with van der Waals surface area (Å²) in [6.07, 6.45) is 2.58. The molecule has 0 fully saturated rings. The standard InChI is InChI=1S/C13H25N3O3S/c1-4-8-20(17,18)9-6-16-11-13(12(2)15-16)10-14-5-7-19-3/h11,14H,4-10H2,1-3H3. The van der Waals surface area contributed by atoms with E-state index in [9.17, 15) is 8.42 Å². The van der Waals surface area contributed by atoms with Crippen LogP contribution in [0, 0.1) is 6.92 Å². The number of nitrogens with one attached hydrogen (secondary N) is 1. The van der Waals surface area contributed by atoms with Gasteiger partial charge in [-0.2, -0.15) is 5.10 Å². The predicted octanol–water partition coefficient (Wildman–Crippen LogP) is 0.752. The Bertz CT molecular complexity index is 497. The van der Waals surface area contributed by atoms with E-state index in [1.165, 1.54) is 0 Å². The smallest absolute Gasteiger partial charge is 0.152 e. The van der Waals surface area contributed by atoms with Crippen molar-refractivity contribution in [1.82, 2.24) is 15.1 Å². The van der Waals surface area contributed by atoms with Gasteiger partial charge in [-0.15, -0.1) is 0 Å². The molecule has 1 heterocycles. The fraction of sp³-hybridized carbons (Fsp3) is 0.769. The molecule has 0 aliphatic rings. The Labute approximate surface area is 121 Å². The summed E-state index contributed by atoms with van der Waals surface area (Å²) in [5.41, 5.74) is 2.02.